The van der Waals surface area contributed by atoms with E-state index in [9.17, 15) is 9.67 Å². The maximum absolute atomic E-state index is 10.2. The van der Waals surface area contributed by atoms with Gasteiger partial charge in [-0.05, 0) is 19.3 Å². The second-order valence-electron chi connectivity index (χ2n) is 2.88. The van der Waals surface area contributed by atoms with Crippen molar-refractivity contribution >= 4 is 8.69 Å². The van der Waals surface area contributed by atoms with Gasteiger partial charge in [0.05, 0.1) is 0 Å². The molecule has 1 N–H and O–H groups in total. The van der Waals surface area contributed by atoms with E-state index in [1.165, 1.54) is 0 Å². The molecule has 12 heavy (non-hydrogen) atoms. The molecule has 1 unspecified atom stereocenters. The summed E-state index contributed by atoms with van der Waals surface area (Å²) in [6, 6.07) is 0. The predicted molar refractivity (Wildman–Crippen MR) is 48.0 cm³/mol. The molecule has 0 fully saturated rings. The van der Waals surface area contributed by atoms with Crippen molar-refractivity contribution in [1.29, 1.82) is 0 Å². The first-order valence-corrected chi connectivity index (χ1v) is 5.10. The SMILES string of the molecule is CCC(CC)C(O)(CC)OP=O. The average Bonchev–Trinajstić information content (AvgIpc) is 2.07. The fraction of sp³-hybridized carbons (Fsp3) is 1.00. The molecule has 0 aliphatic rings. The summed E-state index contributed by atoms with van der Waals surface area (Å²) >= 11 is 0. The normalized spacial score (nSPS) is 16.8. The minimum Gasteiger partial charge on any atom is -0.365 e. The maximum Gasteiger partial charge on any atom is 0.330 e. The van der Waals surface area contributed by atoms with E-state index in [0.29, 0.717) is 6.42 Å². The number of rotatable bonds is 6. The molecule has 0 aromatic heterocycles. The Hall–Kier alpha value is 0.0200. The highest BCUT2D eigenvalue weighted by molar-refractivity contribution is 7.17. The molecule has 0 aromatic rings. The highest BCUT2D eigenvalue weighted by Gasteiger charge is 2.34. The van der Waals surface area contributed by atoms with Crippen LogP contribution in [0.1, 0.15) is 40.0 Å². The van der Waals surface area contributed by atoms with E-state index < -0.39 is 14.5 Å². The van der Waals surface area contributed by atoms with Gasteiger partial charge in [-0.1, -0.05) is 20.8 Å². The van der Waals surface area contributed by atoms with Crippen molar-refractivity contribution < 1.29 is 14.2 Å². The molecule has 0 amide bonds. The Balaban J connectivity index is 4.34. The van der Waals surface area contributed by atoms with Gasteiger partial charge in [-0.15, -0.1) is 0 Å². The topological polar surface area (TPSA) is 46.5 Å². The average molecular weight is 192 g/mol. The molecule has 0 heterocycles. The van der Waals surface area contributed by atoms with Gasteiger partial charge < -0.3 is 5.11 Å². The van der Waals surface area contributed by atoms with Gasteiger partial charge in [0.15, 0.2) is 5.79 Å². The lowest BCUT2D eigenvalue weighted by atomic mass is 9.91. The van der Waals surface area contributed by atoms with Crippen molar-refractivity contribution in [2.24, 2.45) is 5.92 Å². The van der Waals surface area contributed by atoms with Gasteiger partial charge in [0.25, 0.3) is 0 Å². The van der Waals surface area contributed by atoms with Gasteiger partial charge in [0, 0.05) is 5.92 Å². The second-order valence-corrected chi connectivity index (χ2v) is 3.21. The van der Waals surface area contributed by atoms with E-state index in [4.69, 9.17) is 4.52 Å². The van der Waals surface area contributed by atoms with Gasteiger partial charge in [-0.3, -0.25) is 4.52 Å². The molecule has 0 saturated heterocycles. The zero-order valence-corrected chi connectivity index (χ0v) is 8.80. The van der Waals surface area contributed by atoms with Crippen molar-refractivity contribution in [3.63, 3.8) is 0 Å². The van der Waals surface area contributed by atoms with Crippen LogP contribution in [0.5, 0.6) is 0 Å². The maximum atomic E-state index is 10.2. The van der Waals surface area contributed by atoms with E-state index in [2.05, 4.69) is 0 Å². The molecule has 1 atom stereocenters. The number of aliphatic hydroxyl groups is 1. The summed E-state index contributed by atoms with van der Waals surface area (Å²) < 4.78 is 15.0. The Kier molecular flexibility index (Phi) is 5.64. The summed E-state index contributed by atoms with van der Waals surface area (Å²) in [6.45, 7) is 5.79. The van der Waals surface area contributed by atoms with Crippen LogP contribution < -0.4 is 0 Å². The molecule has 0 aliphatic carbocycles. The number of hydrogen-bond acceptors (Lipinski definition) is 3. The molecular formula is C8H17O3P. The van der Waals surface area contributed by atoms with Crippen LogP contribution in [-0.4, -0.2) is 10.9 Å². The van der Waals surface area contributed by atoms with Crippen LogP contribution in [0.2, 0.25) is 0 Å². The van der Waals surface area contributed by atoms with Crippen LogP contribution in [0.3, 0.4) is 0 Å². The third-order valence-corrected chi connectivity index (χ3v) is 2.72. The Morgan fingerprint density at radius 3 is 2.17 bits per heavy atom. The van der Waals surface area contributed by atoms with Crippen molar-refractivity contribution in [2.75, 3.05) is 0 Å². The first kappa shape index (κ1) is 12.0. The van der Waals surface area contributed by atoms with Crippen LogP contribution in [0.15, 0.2) is 0 Å². The van der Waals surface area contributed by atoms with E-state index in [0.717, 1.165) is 12.8 Å². The predicted octanol–water partition coefficient (Wildman–Crippen LogP) is 2.74. The largest absolute Gasteiger partial charge is 0.365 e. The molecule has 4 heteroatoms. The first-order chi connectivity index (χ1) is 5.64. The summed E-state index contributed by atoms with van der Waals surface area (Å²) in [5.74, 6) is -1.16. The third kappa shape index (κ3) is 2.81. The molecule has 0 bridgehead atoms. The molecule has 3 nitrogen and oxygen atoms in total. The van der Waals surface area contributed by atoms with Crippen molar-refractivity contribution in [2.45, 2.75) is 45.8 Å². The number of hydrogen-bond donors (Lipinski definition) is 1. The quantitative estimate of drug-likeness (QED) is 0.520. The monoisotopic (exact) mass is 192 g/mol. The molecule has 0 spiro atoms. The van der Waals surface area contributed by atoms with E-state index >= 15 is 0 Å². The zero-order valence-electron chi connectivity index (χ0n) is 7.91. The minimum atomic E-state index is -1.22. The second kappa shape index (κ2) is 5.63. The van der Waals surface area contributed by atoms with Crippen LogP contribution >= 0.6 is 8.69 Å². The summed E-state index contributed by atoms with van der Waals surface area (Å²) in [7, 11) is -0.446. The van der Waals surface area contributed by atoms with Gasteiger partial charge in [-0.25, -0.2) is 4.57 Å². The Morgan fingerprint density at radius 1 is 1.42 bits per heavy atom. The van der Waals surface area contributed by atoms with Crippen molar-refractivity contribution in [3.05, 3.63) is 0 Å². The minimum absolute atomic E-state index is 0.0592. The Labute approximate surface area is 75.4 Å². The Morgan fingerprint density at radius 2 is 1.92 bits per heavy atom. The highest BCUT2D eigenvalue weighted by Crippen LogP contribution is 2.31. The van der Waals surface area contributed by atoms with Crippen LogP contribution in [0.4, 0.5) is 0 Å². The standard InChI is InChI=1S/C8H17O3P/c1-4-7(5-2)8(9,6-3)11-12-10/h7,9H,4-6H2,1-3H3. The van der Waals surface area contributed by atoms with Gasteiger partial charge >= 0.3 is 8.69 Å². The lowest BCUT2D eigenvalue weighted by molar-refractivity contribution is -0.176. The molecule has 0 aromatic carbocycles. The van der Waals surface area contributed by atoms with Gasteiger partial charge in [0.1, 0.15) is 0 Å². The van der Waals surface area contributed by atoms with Crippen molar-refractivity contribution in [1.82, 2.24) is 0 Å². The third-order valence-electron chi connectivity index (χ3n) is 2.33. The van der Waals surface area contributed by atoms with Crippen LogP contribution in [-0.2, 0) is 9.09 Å². The fourth-order valence-corrected chi connectivity index (χ4v) is 1.83. The lowest BCUT2D eigenvalue weighted by Gasteiger charge is -2.31. The summed E-state index contributed by atoms with van der Waals surface area (Å²) in [5, 5.41) is 9.85. The Bertz CT molecular complexity index is 136. The lowest BCUT2D eigenvalue weighted by Crippen LogP contribution is -2.37. The fourth-order valence-electron chi connectivity index (χ4n) is 1.42. The summed E-state index contributed by atoms with van der Waals surface area (Å²) in [4.78, 5) is 0. The van der Waals surface area contributed by atoms with Crippen LogP contribution in [0, 0.1) is 5.92 Å². The summed E-state index contributed by atoms with van der Waals surface area (Å²) in [5.41, 5.74) is 0. The first-order valence-electron chi connectivity index (χ1n) is 4.37. The summed E-state index contributed by atoms with van der Waals surface area (Å²) in [6.07, 6.45) is 2.13. The molecule has 72 valence electrons. The smallest absolute Gasteiger partial charge is 0.330 e. The molecular weight excluding hydrogens is 175 g/mol. The van der Waals surface area contributed by atoms with E-state index in [1.807, 2.05) is 20.8 Å². The van der Waals surface area contributed by atoms with Gasteiger partial charge in [-0.2, -0.15) is 0 Å². The highest BCUT2D eigenvalue weighted by atomic mass is 31.1. The molecule has 0 saturated carbocycles. The molecule has 0 aliphatic heterocycles. The molecule has 0 radical (unpaired) electrons. The zero-order chi connectivity index (χ0) is 9.61. The van der Waals surface area contributed by atoms with Crippen LogP contribution in [0.25, 0.3) is 0 Å². The van der Waals surface area contributed by atoms with E-state index in [1.54, 1.807) is 0 Å². The van der Waals surface area contributed by atoms with Crippen molar-refractivity contribution in [3.8, 4) is 0 Å². The van der Waals surface area contributed by atoms with Gasteiger partial charge in [0.2, 0.25) is 0 Å². The van der Waals surface area contributed by atoms with E-state index in [-0.39, 0.29) is 5.92 Å². The molecule has 0 rings (SSSR count).